The largest absolute Gasteiger partial charge is 0.310 e. The average Bonchev–Trinajstić information content (AvgIpc) is 3.64. The van der Waals surface area contributed by atoms with Gasteiger partial charge in [-0.05, 0) is 125 Å². The second-order valence-corrected chi connectivity index (χ2v) is 21.5. The Labute approximate surface area is 390 Å². The number of benzene rings is 10. The lowest BCUT2D eigenvalue weighted by molar-refractivity contribution is 0.569. The van der Waals surface area contributed by atoms with Gasteiger partial charge >= 0.3 is 0 Å². The maximum absolute atomic E-state index is 2.49. The molecule has 11 rings (SSSR count). The van der Waals surface area contributed by atoms with Crippen molar-refractivity contribution >= 4 is 71.2 Å². The van der Waals surface area contributed by atoms with Crippen molar-refractivity contribution in [3.63, 3.8) is 0 Å². The Balaban J connectivity index is 1.15. The number of para-hydroxylation sites is 2. The van der Waals surface area contributed by atoms with E-state index in [-0.39, 0.29) is 16.2 Å². The summed E-state index contributed by atoms with van der Waals surface area (Å²) < 4.78 is 2.47. The first kappa shape index (κ1) is 41.5. The number of hydrogen-bond donors (Lipinski definition) is 0. The summed E-state index contributed by atoms with van der Waals surface area (Å²) >= 11 is 0. The molecule has 10 aromatic carbocycles. The van der Waals surface area contributed by atoms with Crippen molar-refractivity contribution in [2.24, 2.45) is 0 Å². The SMILES string of the molecule is CC(C)(C)c1ccc(-c2cccc(N(c3cccc(-c4cc(C(C)(C)C)cc(C(C)(C)C)c4)c3)c3ccc4ccc5c(-n6c7ccccc7c7ccccc76)ccc6ccc3c4c65)c2)cc1. The van der Waals surface area contributed by atoms with Crippen LogP contribution < -0.4 is 4.90 Å². The van der Waals surface area contributed by atoms with Crippen molar-refractivity contribution in [2.45, 2.75) is 78.6 Å². The van der Waals surface area contributed by atoms with E-state index in [2.05, 4.69) is 260 Å². The molecule has 11 aromatic rings. The Morgan fingerprint density at radius 2 is 0.818 bits per heavy atom. The van der Waals surface area contributed by atoms with Crippen molar-refractivity contribution < 1.29 is 0 Å². The highest BCUT2D eigenvalue weighted by atomic mass is 15.1. The quantitative estimate of drug-likeness (QED) is 0.151. The van der Waals surface area contributed by atoms with E-state index in [9.17, 15) is 0 Å². The molecule has 324 valence electrons. The molecule has 2 nitrogen and oxygen atoms in total. The van der Waals surface area contributed by atoms with Crippen molar-refractivity contribution in [1.82, 2.24) is 4.57 Å². The van der Waals surface area contributed by atoms with E-state index in [0.717, 1.165) is 17.1 Å². The van der Waals surface area contributed by atoms with Crippen LogP contribution in [-0.4, -0.2) is 4.57 Å². The minimum atomic E-state index is 0.00824. The van der Waals surface area contributed by atoms with Crippen LogP contribution in [0.25, 0.3) is 82.1 Å². The summed E-state index contributed by atoms with van der Waals surface area (Å²) in [5, 5.41) is 10.1. The lowest BCUT2D eigenvalue weighted by Crippen LogP contribution is -2.16. The summed E-state index contributed by atoms with van der Waals surface area (Å²) in [6, 6.07) is 71.0. The van der Waals surface area contributed by atoms with Gasteiger partial charge in [0.05, 0.1) is 22.4 Å². The first-order valence-corrected chi connectivity index (χ1v) is 23.6. The van der Waals surface area contributed by atoms with E-state index in [1.54, 1.807) is 0 Å². The second kappa shape index (κ2) is 15.2. The molecule has 0 radical (unpaired) electrons. The summed E-state index contributed by atoms with van der Waals surface area (Å²) in [5.41, 5.74) is 16.0. The smallest absolute Gasteiger partial charge is 0.0541 e. The van der Waals surface area contributed by atoms with Crippen molar-refractivity contribution in [2.75, 3.05) is 4.90 Å². The summed E-state index contributed by atoms with van der Waals surface area (Å²) in [5.74, 6) is 0. The van der Waals surface area contributed by atoms with Crippen LogP contribution in [0.1, 0.15) is 79.0 Å². The molecule has 0 fully saturated rings. The van der Waals surface area contributed by atoms with Gasteiger partial charge in [0.25, 0.3) is 0 Å². The van der Waals surface area contributed by atoms with Crippen molar-refractivity contribution in [3.8, 4) is 27.9 Å². The van der Waals surface area contributed by atoms with Crippen LogP contribution in [0.4, 0.5) is 17.1 Å². The fourth-order valence-electron chi connectivity index (χ4n) is 10.2. The molecule has 2 heteroatoms. The Morgan fingerprint density at radius 1 is 0.333 bits per heavy atom. The lowest BCUT2D eigenvalue weighted by atomic mass is 9.79. The standard InChI is InChI=1S/C64H58N2/c1-62(2,3)47-30-24-41(25-31-47)44-16-14-18-50(38-44)65(51-19-15-17-45(39-51)46-36-48(63(4,5)6)40-49(37-46)64(7,8)9)58-34-28-42-27-33-55-59(35-29-43-26-32-54(58)60(42)61(43)55)66-56-22-12-10-20-52(56)53-21-11-13-23-57(53)66/h10-40H,1-9H3. The number of hydrogen-bond acceptors (Lipinski definition) is 1. The van der Waals surface area contributed by atoms with Crippen molar-refractivity contribution in [3.05, 3.63) is 205 Å². The van der Waals surface area contributed by atoms with Crippen LogP contribution in [0.5, 0.6) is 0 Å². The zero-order valence-electron chi connectivity index (χ0n) is 39.8. The first-order chi connectivity index (χ1) is 31.6. The second-order valence-electron chi connectivity index (χ2n) is 21.5. The number of rotatable bonds is 6. The lowest BCUT2D eigenvalue weighted by Gasteiger charge is -2.29. The number of aromatic nitrogens is 1. The fraction of sp³-hybridized carbons (Fsp3) is 0.188. The minimum Gasteiger partial charge on any atom is -0.310 e. The van der Waals surface area contributed by atoms with Crippen LogP contribution in [-0.2, 0) is 16.2 Å². The maximum Gasteiger partial charge on any atom is 0.0541 e. The van der Waals surface area contributed by atoms with Gasteiger partial charge in [-0.15, -0.1) is 0 Å². The van der Waals surface area contributed by atoms with Gasteiger partial charge in [-0.1, -0.05) is 202 Å². The molecular weight excluding hydrogens is 797 g/mol. The van der Waals surface area contributed by atoms with Gasteiger partial charge in [0.2, 0.25) is 0 Å². The topological polar surface area (TPSA) is 8.17 Å². The molecule has 66 heavy (non-hydrogen) atoms. The molecule has 0 bridgehead atoms. The molecule has 0 aliphatic carbocycles. The van der Waals surface area contributed by atoms with Crippen molar-refractivity contribution in [1.29, 1.82) is 0 Å². The molecule has 0 aliphatic heterocycles. The third-order valence-electron chi connectivity index (χ3n) is 14.0. The molecule has 1 aromatic heterocycles. The molecule has 0 saturated heterocycles. The summed E-state index contributed by atoms with van der Waals surface area (Å²) in [4.78, 5) is 2.49. The van der Waals surface area contributed by atoms with Crippen LogP contribution in [0.15, 0.2) is 188 Å². The first-order valence-electron chi connectivity index (χ1n) is 23.6. The van der Waals surface area contributed by atoms with Gasteiger partial charge in [-0.25, -0.2) is 0 Å². The third-order valence-corrected chi connectivity index (χ3v) is 14.0. The summed E-state index contributed by atoms with van der Waals surface area (Å²) in [6.45, 7) is 20.8. The van der Waals surface area contributed by atoms with E-state index in [1.165, 1.54) is 98.8 Å². The molecule has 0 unspecified atom stereocenters. The van der Waals surface area contributed by atoms with E-state index in [4.69, 9.17) is 0 Å². The number of nitrogens with zero attached hydrogens (tertiary/aromatic N) is 2. The molecule has 0 spiro atoms. The summed E-state index contributed by atoms with van der Waals surface area (Å²) in [7, 11) is 0. The van der Waals surface area contributed by atoms with Gasteiger partial charge in [0.1, 0.15) is 0 Å². The minimum absolute atomic E-state index is 0.00824. The maximum atomic E-state index is 2.49. The van der Waals surface area contributed by atoms with Gasteiger partial charge in [0.15, 0.2) is 0 Å². The van der Waals surface area contributed by atoms with Gasteiger partial charge < -0.3 is 9.47 Å². The Bertz CT molecular complexity index is 3550. The fourth-order valence-corrected chi connectivity index (χ4v) is 10.2. The predicted molar refractivity (Wildman–Crippen MR) is 286 cm³/mol. The molecule has 0 saturated carbocycles. The van der Waals surface area contributed by atoms with Gasteiger partial charge in [-0.3, -0.25) is 0 Å². The van der Waals surface area contributed by atoms with E-state index in [1.807, 2.05) is 0 Å². The zero-order valence-corrected chi connectivity index (χ0v) is 39.8. The Kier molecular flexibility index (Phi) is 9.57. The van der Waals surface area contributed by atoms with Gasteiger partial charge in [0, 0.05) is 32.9 Å². The molecule has 1 heterocycles. The highest BCUT2D eigenvalue weighted by molar-refractivity contribution is 6.27. The van der Waals surface area contributed by atoms with E-state index in [0.29, 0.717) is 0 Å². The molecule has 0 amide bonds. The normalized spacial score (nSPS) is 12.6. The van der Waals surface area contributed by atoms with Crippen LogP contribution in [0.3, 0.4) is 0 Å². The monoisotopic (exact) mass is 854 g/mol. The van der Waals surface area contributed by atoms with Crippen LogP contribution in [0.2, 0.25) is 0 Å². The molecule has 0 aliphatic rings. The third kappa shape index (κ3) is 7.02. The molecular formula is C64H58N2. The Hall–Kier alpha value is -7.16. The molecule has 0 atom stereocenters. The van der Waals surface area contributed by atoms with Crippen LogP contribution in [0, 0.1) is 0 Å². The average molecular weight is 855 g/mol. The zero-order chi connectivity index (χ0) is 45.7. The van der Waals surface area contributed by atoms with Crippen LogP contribution >= 0.6 is 0 Å². The predicted octanol–water partition coefficient (Wildman–Crippen LogP) is 18.4. The van der Waals surface area contributed by atoms with E-state index >= 15 is 0 Å². The van der Waals surface area contributed by atoms with Gasteiger partial charge in [-0.2, -0.15) is 0 Å². The highest BCUT2D eigenvalue weighted by Crippen LogP contribution is 2.47. The number of fused-ring (bicyclic) bond motifs is 3. The molecule has 0 N–H and O–H groups in total. The number of anilines is 3. The highest BCUT2D eigenvalue weighted by Gasteiger charge is 2.24. The van der Waals surface area contributed by atoms with E-state index < -0.39 is 0 Å². The Morgan fingerprint density at radius 3 is 1.38 bits per heavy atom. The summed E-state index contributed by atoms with van der Waals surface area (Å²) in [6.07, 6.45) is 0.